The van der Waals surface area contributed by atoms with Crippen molar-refractivity contribution in [1.82, 2.24) is 15.1 Å². The van der Waals surface area contributed by atoms with Gasteiger partial charge in [-0.1, -0.05) is 29.8 Å². The van der Waals surface area contributed by atoms with Gasteiger partial charge in [0.05, 0.1) is 5.92 Å². The lowest BCUT2D eigenvalue weighted by molar-refractivity contribution is -0.143. The summed E-state index contributed by atoms with van der Waals surface area (Å²) in [5.41, 5.74) is 1.44. The fraction of sp³-hybridized carbons (Fsp3) is 0.370. The lowest BCUT2D eigenvalue weighted by Crippen LogP contribution is -2.63. The van der Waals surface area contributed by atoms with Crippen molar-refractivity contribution >= 4 is 29.4 Å². The van der Waals surface area contributed by atoms with Gasteiger partial charge in [0.25, 0.3) is 0 Å². The number of urea groups is 1. The Morgan fingerprint density at radius 3 is 2.76 bits per heavy atom. The Hall–Kier alpha value is -3.59. The monoisotopic (exact) mass is 527 g/mol. The van der Waals surface area contributed by atoms with Crippen molar-refractivity contribution in [1.29, 1.82) is 0 Å². The molecule has 0 radical (unpaired) electrons. The Bertz CT molecular complexity index is 1250. The van der Waals surface area contributed by atoms with Crippen LogP contribution < -0.4 is 14.8 Å². The fourth-order valence-corrected chi connectivity index (χ4v) is 5.54. The predicted octanol–water partition coefficient (Wildman–Crippen LogP) is 4.26. The molecule has 8 nitrogen and oxygen atoms in total. The summed E-state index contributed by atoms with van der Waals surface area (Å²) in [6, 6.07) is 8.58. The summed E-state index contributed by atoms with van der Waals surface area (Å²) < 4.78 is 24.3. The number of fused-ring (bicyclic) bond motifs is 2. The maximum absolute atomic E-state index is 13.6. The van der Waals surface area contributed by atoms with Gasteiger partial charge in [0.2, 0.25) is 18.6 Å². The van der Waals surface area contributed by atoms with Crippen LogP contribution in [0, 0.1) is 17.7 Å². The summed E-state index contributed by atoms with van der Waals surface area (Å²) in [6.45, 7) is 4.36. The number of imide groups is 1. The second kappa shape index (κ2) is 10.4. The number of rotatable bonds is 7. The highest BCUT2D eigenvalue weighted by Gasteiger charge is 2.49. The Kier molecular flexibility index (Phi) is 7.06. The van der Waals surface area contributed by atoms with Crippen LogP contribution >= 0.6 is 11.6 Å². The molecule has 0 spiro atoms. The number of halogens is 2. The van der Waals surface area contributed by atoms with Crippen LogP contribution in [0.25, 0.3) is 0 Å². The van der Waals surface area contributed by atoms with Crippen molar-refractivity contribution in [2.24, 2.45) is 11.8 Å². The summed E-state index contributed by atoms with van der Waals surface area (Å²) in [6.07, 6.45) is 2.85. The first-order valence-electron chi connectivity index (χ1n) is 12.2. The van der Waals surface area contributed by atoms with Gasteiger partial charge in [0, 0.05) is 36.6 Å². The van der Waals surface area contributed by atoms with E-state index in [0.29, 0.717) is 42.9 Å². The third kappa shape index (κ3) is 5.00. The first-order valence-corrected chi connectivity index (χ1v) is 12.6. The highest BCUT2D eigenvalue weighted by atomic mass is 35.5. The number of amides is 4. The van der Waals surface area contributed by atoms with E-state index in [1.165, 1.54) is 29.2 Å². The summed E-state index contributed by atoms with van der Waals surface area (Å²) in [7, 11) is 0. The number of carbonyl (C=O) groups excluding carboxylic acids is 3. The molecule has 1 aliphatic carbocycles. The van der Waals surface area contributed by atoms with Crippen molar-refractivity contribution in [3.8, 4) is 11.5 Å². The number of hydrogen-bond donors (Lipinski definition) is 1. The maximum Gasteiger partial charge on any atom is 0.327 e. The standard InChI is InChI=1S/C27H27ClFN3O5/c1-2-9-31-26(34)20-7-5-17(25(33)30-13-16-3-8-23-24(10-16)37-15-36-23)11-22(20)32(27(31)35)14-18-4-6-19(29)12-21(18)28/h2-4,6,8,10,12,17,20,22H,1,5,7,9,11,13-15H2,(H,30,33). The van der Waals surface area contributed by atoms with Crippen LogP contribution in [0.15, 0.2) is 49.1 Å². The molecule has 194 valence electrons. The predicted molar refractivity (Wildman–Crippen MR) is 133 cm³/mol. The quantitative estimate of drug-likeness (QED) is 0.544. The third-order valence-electron chi connectivity index (χ3n) is 7.22. The average molecular weight is 528 g/mol. The van der Waals surface area contributed by atoms with E-state index in [1.807, 2.05) is 18.2 Å². The SMILES string of the molecule is C=CCN1C(=O)C2CCC(C(=O)NCc3ccc4c(c3)OCO4)CC2N(Cc2ccc(F)cc2Cl)C1=O. The van der Waals surface area contributed by atoms with E-state index in [9.17, 15) is 18.8 Å². The molecule has 2 aromatic carbocycles. The van der Waals surface area contributed by atoms with E-state index in [4.69, 9.17) is 21.1 Å². The molecule has 1 saturated carbocycles. The van der Waals surface area contributed by atoms with Gasteiger partial charge in [-0.05, 0) is 54.7 Å². The van der Waals surface area contributed by atoms with Crippen LogP contribution in [-0.2, 0) is 22.7 Å². The highest BCUT2D eigenvalue weighted by molar-refractivity contribution is 6.31. The van der Waals surface area contributed by atoms with Gasteiger partial charge < -0.3 is 19.7 Å². The van der Waals surface area contributed by atoms with Gasteiger partial charge in [-0.3, -0.25) is 14.5 Å². The zero-order chi connectivity index (χ0) is 26.1. The average Bonchev–Trinajstić information content (AvgIpc) is 3.36. The summed E-state index contributed by atoms with van der Waals surface area (Å²) >= 11 is 6.26. The number of ether oxygens (including phenoxy) is 2. The van der Waals surface area contributed by atoms with E-state index < -0.39 is 23.8 Å². The van der Waals surface area contributed by atoms with Gasteiger partial charge in [-0.2, -0.15) is 0 Å². The van der Waals surface area contributed by atoms with Gasteiger partial charge in [0.1, 0.15) is 5.82 Å². The highest BCUT2D eigenvalue weighted by Crippen LogP contribution is 2.39. The topological polar surface area (TPSA) is 88.2 Å². The molecule has 2 heterocycles. The molecule has 3 aliphatic rings. The number of hydrogen-bond acceptors (Lipinski definition) is 5. The summed E-state index contributed by atoms with van der Waals surface area (Å²) in [4.78, 5) is 42.5. The minimum atomic E-state index is -0.475. The molecule has 2 aromatic rings. The lowest BCUT2D eigenvalue weighted by atomic mass is 9.75. The van der Waals surface area contributed by atoms with Crippen molar-refractivity contribution in [3.05, 3.63) is 71.0 Å². The third-order valence-corrected chi connectivity index (χ3v) is 7.57. The Morgan fingerprint density at radius 2 is 1.97 bits per heavy atom. The molecule has 3 unspecified atom stereocenters. The van der Waals surface area contributed by atoms with Gasteiger partial charge in [0.15, 0.2) is 11.5 Å². The first-order chi connectivity index (χ1) is 17.9. The normalized spacial score (nSPS) is 22.6. The van der Waals surface area contributed by atoms with E-state index in [2.05, 4.69) is 11.9 Å². The fourth-order valence-electron chi connectivity index (χ4n) is 5.31. The van der Waals surface area contributed by atoms with Crippen molar-refractivity contribution in [2.75, 3.05) is 13.3 Å². The van der Waals surface area contributed by atoms with Crippen LogP contribution in [0.5, 0.6) is 11.5 Å². The van der Waals surface area contributed by atoms with Gasteiger partial charge >= 0.3 is 6.03 Å². The molecule has 0 aromatic heterocycles. The van der Waals surface area contributed by atoms with E-state index in [0.717, 1.165) is 5.56 Å². The van der Waals surface area contributed by atoms with Crippen molar-refractivity contribution in [3.63, 3.8) is 0 Å². The Morgan fingerprint density at radius 1 is 1.16 bits per heavy atom. The number of carbonyl (C=O) groups is 3. The van der Waals surface area contributed by atoms with Crippen molar-refractivity contribution < 1.29 is 28.2 Å². The molecule has 10 heteroatoms. The van der Waals surface area contributed by atoms with Crippen LogP contribution in [-0.4, -0.2) is 47.0 Å². The van der Waals surface area contributed by atoms with Crippen LogP contribution in [0.3, 0.4) is 0 Å². The van der Waals surface area contributed by atoms with E-state index in [1.54, 1.807) is 4.90 Å². The first kappa shape index (κ1) is 25.1. The smallest absolute Gasteiger partial charge is 0.327 e. The molecule has 37 heavy (non-hydrogen) atoms. The molecule has 2 fully saturated rings. The van der Waals surface area contributed by atoms with Crippen LogP contribution in [0.2, 0.25) is 5.02 Å². The maximum atomic E-state index is 13.6. The largest absolute Gasteiger partial charge is 0.454 e. The Labute approximate surface area is 219 Å². The molecule has 1 saturated heterocycles. The lowest BCUT2D eigenvalue weighted by Gasteiger charge is -2.48. The zero-order valence-corrected chi connectivity index (χ0v) is 20.9. The molecular weight excluding hydrogens is 501 g/mol. The Balaban J connectivity index is 1.32. The molecule has 5 rings (SSSR count). The summed E-state index contributed by atoms with van der Waals surface area (Å²) in [5, 5.41) is 3.18. The molecule has 1 N–H and O–H groups in total. The molecule has 0 bridgehead atoms. The molecule has 3 atom stereocenters. The molecule has 4 amide bonds. The van der Waals surface area contributed by atoms with Crippen molar-refractivity contribution in [2.45, 2.75) is 38.4 Å². The molecular formula is C27H27ClFN3O5. The number of nitrogens with one attached hydrogen (secondary N) is 1. The van der Waals surface area contributed by atoms with Gasteiger partial charge in [-0.25, -0.2) is 9.18 Å². The minimum absolute atomic E-state index is 0.0913. The zero-order valence-electron chi connectivity index (χ0n) is 20.1. The van der Waals surface area contributed by atoms with Crippen LogP contribution in [0.1, 0.15) is 30.4 Å². The van der Waals surface area contributed by atoms with Gasteiger partial charge in [-0.15, -0.1) is 6.58 Å². The van der Waals surface area contributed by atoms with Crippen LogP contribution in [0.4, 0.5) is 9.18 Å². The minimum Gasteiger partial charge on any atom is -0.454 e. The van der Waals surface area contributed by atoms with E-state index in [-0.39, 0.29) is 42.6 Å². The second-order valence-corrected chi connectivity index (χ2v) is 9.88. The summed E-state index contributed by atoms with van der Waals surface area (Å²) in [5.74, 6) is -0.350. The second-order valence-electron chi connectivity index (χ2n) is 9.47. The number of nitrogens with zero attached hydrogens (tertiary/aromatic N) is 2. The number of benzene rings is 2. The van der Waals surface area contributed by atoms with E-state index >= 15 is 0 Å². The molecule has 2 aliphatic heterocycles.